The highest BCUT2D eigenvalue weighted by molar-refractivity contribution is 6.03. The third-order valence-electron chi connectivity index (χ3n) is 3.16. The maximum Gasteiger partial charge on any atom is 0.458 e. The Morgan fingerprint density at radius 2 is 1.77 bits per heavy atom. The summed E-state index contributed by atoms with van der Waals surface area (Å²) < 4.78 is 64.9. The highest BCUT2D eigenvalue weighted by atomic mass is 19.4. The van der Waals surface area contributed by atoms with E-state index in [4.69, 9.17) is 5.73 Å². The van der Waals surface area contributed by atoms with Gasteiger partial charge in [0.25, 0.3) is 0 Å². The van der Waals surface area contributed by atoms with Crippen molar-refractivity contribution in [1.29, 1.82) is 0 Å². The van der Waals surface area contributed by atoms with Crippen molar-refractivity contribution >= 4 is 11.7 Å². The molecule has 22 heavy (non-hydrogen) atoms. The van der Waals surface area contributed by atoms with Crippen molar-refractivity contribution in [3.05, 3.63) is 35.9 Å². The van der Waals surface area contributed by atoms with E-state index >= 15 is 0 Å². The Morgan fingerprint density at radius 1 is 1.23 bits per heavy atom. The van der Waals surface area contributed by atoms with Gasteiger partial charge in [-0.3, -0.25) is 0 Å². The lowest BCUT2D eigenvalue weighted by atomic mass is 9.95. The molecule has 1 atom stereocenters. The van der Waals surface area contributed by atoms with E-state index in [1.807, 2.05) is 0 Å². The standard InChI is InChI=1S/C12H10F5N3O2/c13-11(14,12(15,16)17)10(22)6-8(19-20(10)9(18)21)7-4-2-1-3-5-7/h1-5,22H,6H2,(H2,18,21). The fourth-order valence-corrected chi connectivity index (χ4v) is 2.04. The minimum absolute atomic E-state index is 0.183. The van der Waals surface area contributed by atoms with Crippen molar-refractivity contribution in [2.45, 2.75) is 24.2 Å². The molecular weight excluding hydrogens is 313 g/mol. The second-order valence-electron chi connectivity index (χ2n) is 4.63. The number of carbonyl (C=O) groups excluding carboxylic acids is 1. The zero-order valence-corrected chi connectivity index (χ0v) is 10.8. The van der Waals surface area contributed by atoms with Gasteiger partial charge in [0, 0.05) is 6.42 Å². The first-order chi connectivity index (χ1) is 10.0. The molecular formula is C12H10F5N3O2. The molecule has 1 aromatic rings. The van der Waals surface area contributed by atoms with Crippen molar-refractivity contribution in [3.8, 4) is 0 Å². The molecule has 1 aliphatic rings. The number of carbonyl (C=O) groups is 1. The van der Waals surface area contributed by atoms with E-state index in [1.165, 1.54) is 24.3 Å². The molecule has 1 aliphatic heterocycles. The lowest BCUT2D eigenvalue weighted by molar-refractivity contribution is -0.361. The number of urea groups is 1. The second-order valence-corrected chi connectivity index (χ2v) is 4.63. The molecule has 0 radical (unpaired) electrons. The minimum atomic E-state index is -6.09. The first-order valence-electron chi connectivity index (χ1n) is 5.90. The fraction of sp³-hybridized carbons (Fsp3) is 0.333. The summed E-state index contributed by atoms with van der Waals surface area (Å²) in [5.41, 5.74) is 0.727. The molecule has 1 heterocycles. The molecule has 0 saturated carbocycles. The number of benzene rings is 1. The van der Waals surface area contributed by atoms with E-state index in [0.717, 1.165) is 0 Å². The number of hydrogen-bond acceptors (Lipinski definition) is 3. The zero-order chi connectivity index (χ0) is 16.8. The van der Waals surface area contributed by atoms with Crippen molar-refractivity contribution in [2.24, 2.45) is 10.8 Å². The van der Waals surface area contributed by atoms with Crippen LogP contribution in [0.1, 0.15) is 12.0 Å². The molecule has 2 rings (SSSR count). The fourth-order valence-electron chi connectivity index (χ4n) is 2.04. The van der Waals surface area contributed by atoms with Crippen LogP contribution in [0.2, 0.25) is 0 Å². The van der Waals surface area contributed by atoms with Crippen LogP contribution in [0.15, 0.2) is 35.4 Å². The maximum absolute atomic E-state index is 13.6. The highest BCUT2D eigenvalue weighted by Crippen LogP contribution is 2.49. The molecule has 1 unspecified atom stereocenters. The molecule has 10 heteroatoms. The third kappa shape index (κ3) is 2.28. The lowest BCUT2D eigenvalue weighted by Gasteiger charge is -2.37. The SMILES string of the molecule is NC(=O)N1N=C(c2ccccc2)CC1(O)C(F)(F)C(F)(F)F. The number of hydrogen-bond donors (Lipinski definition) is 2. The Labute approximate surface area is 120 Å². The van der Waals surface area contributed by atoms with Gasteiger partial charge in [-0.1, -0.05) is 30.3 Å². The zero-order valence-electron chi connectivity index (χ0n) is 10.8. The molecule has 1 aromatic carbocycles. The van der Waals surface area contributed by atoms with Gasteiger partial charge >= 0.3 is 18.1 Å². The van der Waals surface area contributed by atoms with E-state index in [1.54, 1.807) is 6.07 Å². The molecule has 0 fully saturated rings. The van der Waals surface area contributed by atoms with E-state index in [2.05, 4.69) is 5.10 Å². The van der Waals surface area contributed by atoms with Gasteiger partial charge in [0.1, 0.15) is 0 Å². The largest absolute Gasteiger partial charge is 0.458 e. The van der Waals surface area contributed by atoms with Gasteiger partial charge < -0.3 is 10.8 Å². The van der Waals surface area contributed by atoms with Crippen molar-refractivity contribution in [1.82, 2.24) is 5.01 Å². The Balaban J connectivity index is 2.49. The first-order valence-corrected chi connectivity index (χ1v) is 5.90. The van der Waals surface area contributed by atoms with Crippen molar-refractivity contribution in [3.63, 3.8) is 0 Å². The molecule has 5 nitrogen and oxygen atoms in total. The molecule has 120 valence electrons. The topological polar surface area (TPSA) is 78.9 Å². The van der Waals surface area contributed by atoms with Crippen LogP contribution >= 0.6 is 0 Å². The average molecular weight is 323 g/mol. The molecule has 0 bridgehead atoms. The van der Waals surface area contributed by atoms with E-state index in [0.29, 0.717) is 0 Å². The smallest absolute Gasteiger partial charge is 0.364 e. The molecule has 0 spiro atoms. The van der Waals surface area contributed by atoms with Gasteiger partial charge in [0.2, 0.25) is 5.72 Å². The Hall–Kier alpha value is -2.23. The van der Waals surface area contributed by atoms with Gasteiger partial charge in [-0.15, -0.1) is 0 Å². The van der Waals surface area contributed by atoms with E-state index in [-0.39, 0.29) is 11.3 Å². The van der Waals surface area contributed by atoms with Crippen LogP contribution in [0, 0.1) is 0 Å². The lowest BCUT2D eigenvalue weighted by Crippen LogP contribution is -2.65. The van der Waals surface area contributed by atoms with Gasteiger partial charge in [0.05, 0.1) is 5.71 Å². The molecule has 0 saturated heterocycles. The molecule has 0 aliphatic carbocycles. The van der Waals surface area contributed by atoms with Gasteiger partial charge in [-0.05, 0) is 5.56 Å². The summed E-state index contributed by atoms with van der Waals surface area (Å²) >= 11 is 0. The summed E-state index contributed by atoms with van der Waals surface area (Å²) in [6.45, 7) is 0. The van der Waals surface area contributed by atoms with Crippen LogP contribution in [0.5, 0.6) is 0 Å². The van der Waals surface area contributed by atoms with Crippen molar-refractivity contribution in [2.75, 3.05) is 0 Å². The minimum Gasteiger partial charge on any atom is -0.364 e. The number of aliphatic hydroxyl groups is 1. The molecule has 0 aromatic heterocycles. The van der Waals surface area contributed by atoms with Crippen LogP contribution in [0.3, 0.4) is 0 Å². The summed E-state index contributed by atoms with van der Waals surface area (Å²) in [4.78, 5) is 11.1. The van der Waals surface area contributed by atoms with Crippen LogP contribution in [-0.2, 0) is 0 Å². The second kappa shape index (κ2) is 4.90. The van der Waals surface area contributed by atoms with Crippen LogP contribution in [0.25, 0.3) is 0 Å². The molecule has 2 amide bonds. The summed E-state index contributed by atoms with van der Waals surface area (Å²) in [7, 11) is 0. The summed E-state index contributed by atoms with van der Waals surface area (Å²) in [5.74, 6) is -5.62. The number of primary amides is 1. The van der Waals surface area contributed by atoms with Gasteiger partial charge in [-0.2, -0.15) is 32.1 Å². The number of amides is 2. The normalized spacial score (nSPS) is 22.6. The quantitative estimate of drug-likeness (QED) is 0.817. The number of nitrogens with zero attached hydrogens (tertiary/aromatic N) is 2. The average Bonchev–Trinajstić information content (AvgIpc) is 2.78. The summed E-state index contributed by atoms with van der Waals surface area (Å²) in [6.07, 6.45) is -7.30. The van der Waals surface area contributed by atoms with Gasteiger partial charge in [0.15, 0.2) is 0 Å². The van der Waals surface area contributed by atoms with Gasteiger partial charge in [-0.25, -0.2) is 4.79 Å². The van der Waals surface area contributed by atoms with Crippen molar-refractivity contribution < 1.29 is 31.9 Å². The first kappa shape index (κ1) is 16.1. The Bertz CT molecular complexity index is 617. The predicted octanol–water partition coefficient (Wildman–Crippen LogP) is 2.06. The number of alkyl halides is 5. The van der Waals surface area contributed by atoms with Crippen LogP contribution < -0.4 is 5.73 Å². The monoisotopic (exact) mass is 323 g/mol. The molecule has 3 N–H and O–H groups in total. The number of nitrogens with two attached hydrogens (primary N) is 1. The van der Waals surface area contributed by atoms with E-state index in [9.17, 15) is 31.9 Å². The number of halogens is 5. The maximum atomic E-state index is 13.6. The van der Waals surface area contributed by atoms with E-state index < -0.39 is 35.3 Å². The predicted molar refractivity (Wildman–Crippen MR) is 65.0 cm³/mol. The van der Waals surface area contributed by atoms with Crippen LogP contribution in [0.4, 0.5) is 26.7 Å². The Kier molecular flexibility index (Phi) is 3.60. The number of rotatable bonds is 2. The number of hydrazone groups is 1. The highest BCUT2D eigenvalue weighted by Gasteiger charge is 2.74. The summed E-state index contributed by atoms with van der Waals surface area (Å²) in [6, 6.07) is 5.61. The summed E-state index contributed by atoms with van der Waals surface area (Å²) in [5, 5.41) is 12.8. The third-order valence-corrected chi connectivity index (χ3v) is 3.16. The Morgan fingerprint density at radius 3 is 2.23 bits per heavy atom. The van der Waals surface area contributed by atoms with Crippen LogP contribution in [-0.4, -0.2) is 39.7 Å².